The Morgan fingerprint density at radius 3 is 2.47 bits per heavy atom. The number of hydrogen-bond acceptors (Lipinski definition) is 5. The van der Waals surface area contributed by atoms with E-state index >= 15 is 0 Å². The van der Waals surface area contributed by atoms with Crippen molar-refractivity contribution in [3.63, 3.8) is 0 Å². The van der Waals surface area contributed by atoms with Gasteiger partial charge in [-0.25, -0.2) is 5.43 Å². The number of nitrogens with one attached hydrogen (secondary N) is 1. The van der Waals surface area contributed by atoms with E-state index in [-0.39, 0.29) is 12.5 Å². The highest BCUT2D eigenvalue weighted by molar-refractivity contribution is 6.30. The van der Waals surface area contributed by atoms with Crippen molar-refractivity contribution in [2.45, 2.75) is 33.3 Å². The van der Waals surface area contributed by atoms with Crippen molar-refractivity contribution in [3.8, 4) is 17.2 Å². The number of carbonyl (C=O) groups excluding carboxylic acids is 1. The summed E-state index contributed by atoms with van der Waals surface area (Å²) < 4.78 is 17.0. The highest BCUT2D eigenvalue weighted by Crippen LogP contribution is 2.29. The maximum atomic E-state index is 12.2. The van der Waals surface area contributed by atoms with Gasteiger partial charge in [0.2, 0.25) is 0 Å². The van der Waals surface area contributed by atoms with E-state index in [1.807, 2.05) is 55.5 Å². The Hall–Kier alpha value is -3.51. The molecular weight excluding hydrogens is 452 g/mol. The van der Waals surface area contributed by atoms with E-state index in [0.29, 0.717) is 34.8 Å². The first-order valence-corrected chi connectivity index (χ1v) is 11.3. The number of amides is 1. The standard InChI is InChI=1S/C27H29ClN2O4/c1-18(2)23-11-5-19(3)13-25(23)34-17-27(31)30-29-15-21-8-12-24(26(14-21)32-4)33-16-20-6-9-22(28)10-7-20/h5-15,18H,16-17H2,1-4H3,(H,30,31)/b29-15+. The predicted octanol–water partition coefficient (Wildman–Crippen LogP) is 5.89. The number of benzene rings is 3. The highest BCUT2D eigenvalue weighted by Gasteiger charge is 2.10. The monoisotopic (exact) mass is 480 g/mol. The number of halogens is 1. The summed E-state index contributed by atoms with van der Waals surface area (Å²) in [5, 5.41) is 4.70. The fourth-order valence-corrected chi connectivity index (χ4v) is 3.35. The number of hydrogen-bond donors (Lipinski definition) is 1. The third kappa shape index (κ3) is 7.25. The molecule has 0 bridgehead atoms. The molecule has 0 saturated heterocycles. The molecule has 0 saturated carbocycles. The second-order valence-electron chi connectivity index (χ2n) is 8.10. The molecule has 3 aromatic rings. The lowest BCUT2D eigenvalue weighted by atomic mass is 10.0. The number of nitrogens with zero attached hydrogens (tertiary/aromatic N) is 1. The van der Waals surface area contributed by atoms with Gasteiger partial charge in [-0.3, -0.25) is 4.79 Å². The van der Waals surface area contributed by atoms with Crippen molar-refractivity contribution < 1.29 is 19.0 Å². The average molecular weight is 481 g/mol. The van der Waals surface area contributed by atoms with Gasteiger partial charge in [-0.15, -0.1) is 0 Å². The van der Waals surface area contributed by atoms with Crippen LogP contribution in [0.1, 0.15) is 42.0 Å². The maximum Gasteiger partial charge on any atom is 0.277 e. The summed E-state index contributed by atoms with van der Waals surface area (Å²) in [6.45, 7) is 6.43. The molecule has 0 aliphatic carbocycles. The first-order chi connectivity index (χ1) is 16.4. The van der Waals surface area contributed by atoms with Gasteiger partial charge in [-0.1, -0.05) is 49.7 Å². The van der Waals surface area contributed by atoms with Crippen LogP contribution >= 0.6 is 11.6 Å². The summed E-state index contributed by atoms with van der Waals surface area (Å²) in [5.41, 5.74) is 6.37. The van der Waals surface area contributed by atoms with E-state index in [1.165, 1.54) is 6.21 Å². The lowest BCUT2D eigenvalue weighted by Gasteiger charge is -2.14. The molecule has 0 aliphatic rings. The molecule has 3 aromatic carbocycles. The number of hydrazone groups is 1. The number of aryl methyl sites for hydroxylation is 1. The molecule has 3 rings (SSSR count). The Balaban J connectivity index is 1.54. The summed E-state index contributed by atoms with van der Waals surface area (Å²) >= 11 is 5.92. The number of ether oxygens (including phenoxy) is 3. The van der Waals surface area contributed by atoms with Crippen LogP contribution in [0.4, 0.5) is 0 Å². The van der Waals surface area contributed by atoms with E-state index in [9.17, 15) is 4.79 Å². The van der Waals surface area contributed by atoms with Crippen molar-refractivity contribution in [2.75, 3.05) is 13.7 Å². The number of rotatable bonds is 10. The van der Waals surface area contributed by atoms with Crippen LogP contribution < -0.4 is 19.6 Å². The van der Waals surface area contributed by atoms with E-state index in [0.717, 1.165) is 22.3 Å². The summed E-state index contributed by atoms with van der Waals surface area (Å²) in [5.74, 6) is 1.83. The molecule has 7 heteroatoms. The number of carbonyl (C=O) groups is 1. The minimum atomic E-state index is -0.345. The first kappa shape index (κ1) is 25.1. The molecule has 0 unspecified atom stereocenters. The quantitative estimate of drug-likeness (QED) is 0.290. The molecule has 34 heavy (non-hydrogen) atoms. The lowest BCUT2D eigenvalue weighted by molar-refractivity contribution is -0.123. The summed E-state index contributed by atoms with van der Waals surface area (Å²) in [4.78, 5) is 12.2. The molecule has 0 fully saturated rings. The van der Waals surface area contributed by atoms with Crippen LogP contribution in [0.2, 0.25) is 5.02 Å². The molecule has 6 nitrogen and oxygen atoms in total. The predicted molar refractivity (Wildman–Crippen MR) is 135 cm³/mol. The van der Waals surface area contributed by atoms with Gasteiger partial charge in [0.25, 0.3) is 5.91 Å². The Morgan fingerprint density at radius 1 is 1.00 bits per heavy atom. The van der Waals surface area contributed by atoms with Crippen molar-refractivity contribution in [1.82, 2.24) is 5.43 Å². The lowest BCUT2D eigenvalue weighted by Crippen LogP contribution is -2.25. The van der Waals surface area contributed by atoms with Gasteiger partial charge in [-0.2, -0.15) is 5.10 Å². The maximum absolute atomic E-state index is 12.2. The van der Waals surface area contributed by atoms with Gasteiger partial charge < -0.3 is 14.2 Å². The zero-order valence-electron chi connectivity index (χ0n) is 19.8. The fraction of sp³-hybridized carbons (Fsp3) is 0.259. The van der Waals surface area contributed by atoms with Crippen molar-refractivity contribution in [1.29, 1.82) is 0 Å². The zero-order chi connectivity index (χ0) is 24.5. The minimum absolute atomic E-state index is 0.124. The fourth-order valence-electron chi connectivity index (χ4n) is 3.22. The van der Waals surface area contributed by atoms with Crippen LogP contribution in [0.15, 0.2) is 65.8 Å². The normalized spacial score (nSPS) is 11.0. The van der Waals surface area contributed by atoms with Crippen LogP contribution in [0, 0.1) is 6.92 Å². The van der Waals surface area contributed by atoms with Gasteiger partial charge in [0, 0.05) is 5.02 Å². The molecule has 1 N–H and O–H groups in total. The van der Waals surface area contributed by atoms with E-state index in [1.54, 1.807) is 19.2 Å². The van der Waals surface area contributed by atoms with Gasteiger partial charge in [0.15, 0.2) is 18.1 Å². The van der Waals surface area contributed by atoms with Crippen LogP contribution in [-0.4, -0.2) is 25.8 Å². The van der Waals surface area contributed by atoms with Gasteiger partial charge in [-0.05, 0) is 71.5 Å². The molecule has 0 radical (unpaired) electrons. The first-order valence-electron chi connectivity index (χ1n) is 11.0. The summed E-state index contributed by atoms with van der Waals surface area (Å²) in [6.07, 6.45) is 1.54. The Morgan fingerprint density at radius 2 is 1.76 bits per heavy atom. The SMILES string of the molecule is COc1cc(/C=N/NC(=O)COc2cc(C)ccc2C(C)C)ccc1OCc1ccc(Cl)cc1. The van der Waals surface area contributed by atoms with E-state index < -0.39 is 0 Å². The van der Waals surface area contributed by atoms with Crippen LogP contribution in [0.25, 0.3) is 0 Å². The molecular formula is C27H29ClN2O4. The smallest absolute Gasteiger partial charge is 0.277 e. The van der Waals surface area contributed by atoms with Crippen molar-refractivity contribution in [3.05, 3.63) is 87.9 Å². The zero-order valence-corrected chi connectivity index (χ0v) is 20.6. The van der Waals surface area contributed by atoms with Crippen LogP contribution in [-0.2, 0) is 11.4 Å². The largest absolute Gasteiger partial charge is 0.493 e. The molecule has 0 atom stereocenters. The topological polar surface area (TPSA) is 69.2 Å². The minimum Gasteiger partial charge on any atom is -0.493 e. The van der Waals surface area contributed by atoms with Crippen LogP contribution in [0.5, 0.6) is 17.2 Å². The Bertz CT molecular complexity index is 1140. The van der Waals surface area contributed by atoms with Crippen LogP contribution in [0.3, 0.4) is 0 Å². The van der Waals surface area contributed by atoms with Crippen molar-refractivity contribution >= 4 is 23.7 Å². The number of methoxy groups -OCH3 is 1. The van der Waals surface area contributed by atoms with E-state index in [2.05, 4.69) is 24.4 Å². The molecule has 0 aromatic heterocycles. The average Bonchev–Trinajstić information content (AvgIpc) is 2.82. The second-order valence-corrected chi connectivity index (χ2v) is 8.54. The van der Waals surface area contributed by atoms with Crippen molar-refractivity contribution in [2.24, 2.45) is 5.10 Å². The summed E-state index contributed by atoms with van der Waals surface area (Å²) in [6, 6.07) is 18.9. The third-order valence-corrected chi connectivity index (χ3v) is 5.30. The Labute approximate surface area is 205 Å². The highest BCUT2D eigenvalue weighted by atomic mass is 35.5. The van der Waals surface area contributed by atoms with Gasteiger partial charge >= 0.3 is 0 Å². The van der Waals surface area contributed by atoms with Gasteiger partial charge in [0.1, 0.15) is 12.4 Å². The van der Waals surface area contributed by atoms with E-state index in [4.69, 9.17) is 25.8 Å². The molecule has 1 amide bonds. The molecule has 0 heterocycles. The molecule has 0 aliphatic heterocycles. The summed E-state index contributed by atoms with van der Waals surface area (Å²) in [7, 11) is 1.57. The second kappa shape index (κ2) is 12.1. The Kier molecular flexibility index (Phi) is 8.93. The molecule has 0 spiro atoms. The van der Waals surface area contributed by atoms with Gasteiger partial charge in [0.05, 0.1) is 13.3 Å². The third-order valence-electron chi connectivity index (χ3n) is 5.05. The molecule has 178 valence electrons.